The molecular weight excluding hydrogens is 436 g/mol. The number of nitrogens with one attached hydrogen (secondary N) is 1. The summed E-state index contributed by atoms with van der Waals surface area (Å²) in [6.07, 6.45) is 0.397. The van der Waals surface area contributed by atoms with Crippen LogP contribution in [0.3, 0.4) is 0 Å². The average molecular weight is 467 g/mol. The third-order valence-corrected chi connectivity index (χ3v) is 6.18. The number of nitrogens with zero attached hydrogens (tertiary/aromatic N) is 1. The van der Waals surface area contributed by atoms with Crippen molar-refractivity contribution in [2.24, 2.45) is 0 Å². The van der Waals surface area contributed by atoms with Gasteiger partial charge in [-0.05, 0) is 24.1 Å². The maximum atomic E-state index is 13.0. The molecular formula is C22H30N2O7S. The third-order valence-electron chi connectivity index (χ3n) is 4.62. The minimum atomic E-state index is -4.04. The lowest BCUT2D eigenvalue weighted by Gasteiger charge is -2.28. The Morgan fingerprint density at radius 2 is 1.88 bits per heavy atom. The van der Waals surface area contributed by atoms with E-state index in [0.717, 1.165) is 11.6 Å². The van der Waals surface area contributed by atoms with E-state index in [1.54, 1.807) is 11.8 Å². The van der Waals surface area contributed by atoms with Crippen molar-refractivity contribution < 1.29 is 32.9 Å². The number of benzene rings is 2. The first-order valence-corrected chi connectivity index (χ1v) is 11.7. The Kier molecular flexibility index (Phi) is 9.92. The van der Waals surface area contributed by atoms with Crippen molar-refractivity contribution in [2.75, 3.05) is 44.9 Å². The summed E-state index contributed by atoms with van der Waals surface area (Å²) in [6.45, 7) is 2.79. The summed E-state index contributed by atoms with van der Waals surface area (Å²) in [6, 6.07) is 11.7. The molecule has 2 aromatic rings. The number of carboxylic acid groups (broad SMARTS) is 1. The summed E-state index contributed by atoms with van der Waals surface area (Å²) in [5.41, 5.74) is 0.948. The van der Waals surface area contributed by atoms with Gasteiger partial charge in [0.2, 0.25) is 10.0 Å². The van der Waals surface area contributed by atoms with E-state index in [4.69, 9.17) is 9.47 Å². The summed E-state index contributed by atoms with van der Waals surface area (Å²) in [7, 11) is -2.51. The van der Waals surface area contributed by atoms with Gasteiger partial charge >= 0.3 is 5.97 Å². The molecule has 3 N–H and O–H groups in total. The highest BCUT2D eigenvalue weighted by atomic mass is 32.2. The maximum absolute atomic E-state index is 13.0. The largest absolute Gasteiger partial charge is 0.485 e. The number of aromatic carboxylic acids is 1. The van der Waals surface area contributed by atoms with Gasteiger partial charge in [0.1, 0.15) is 11.5 Å². The van der Waals surface area contributed by atoms with Crippen molar-refractivity contribution >= 4 is 21.7 Å². The van der Waals surface area contributed by atoms with Gasteiger partial charge in [-0.15, -0.1) is 0 Å². The van der Waals surface area contributed by atoms with Crippen LogP contribution in [-0.2, 0) is 21.4 Å². The Hall–Kier alpha value is -2.66. The Labute approximate surface area is 188 Å². The van der Waals surface area contributed by atoms with Gasteiger partial charge in [0, 0.05) is 33.4 Å². The van der Waals surface area contributed by atoms with Gasteiger partial charge in [0.25, 0.3) is 0 Å². The van der Waals surface area contributed by atoms with Gasteiger partial charge in [0.05, 0.1) is 17.9 Å². The molecule has 0 aliphatic heterocycles. The summed E-state index contributed by atoms with van der Waals surface area (Å²) in [5.74, 6) is -1.21. The van der Waals surface area contributed by atoms with Crippen LogP contribution in [0.25, 0.3) is 0 Å². The zero-order valence-electron chi connectivity index (χ0n) is 18.3. The second kappa shape index (κ2) is 12.4. The molecule has 0 saturated carbocycles. The van der Waals surface area contributed by atoms with Crippen molar-refractivity contribution in [3.63, 3.8) is 0 Å². The quantitative estimate of drug-likeness (QED) is 0.387. The summed E-state index contributed by atoms with van der Waals surface area (Å²) in [4.78, 5) is 13.3. The molecule has 9 nitrogen and oxygen atoms in total. The van der Waals surface area contributed by atoms with E-state index in [-0.39, 0.29) is 36.0 Å². The predicted octanol–water partition coefficient (Wildman–Crippen LogP) is 2.10. The Bertz CT molecular complexity index is 973. The van der Waals surface area contributed by atoms with Crippen LogP contribution in [0.4, 0.5) is 5.69 Å². The number of aliphatic hydroxyl groups is 1. The number of aliphatic hydroxyl groups excluding tert-OH is 1. The first kappa shape index (κ1) is 25.6. The molecule has 0 aliphatic carbocycles. The van der Waals surface area contributed by atoms with Crippen molar-refractivity contribution in [1.29, 1.82) is 0 Å². The minimum absolute atomic E-state index is 0.0499. The monoisotopic (exact) mass is 466 g/mol. The molecule has 0 unspecified atom stereocenters. The lowest BCUT2D eigenvalue weighted by molar-refractivity contribution is 0.0696. The highest BCUT2D eigenvalue weighted by molar-refractivity contribution is 7.89. The van der Waals surface area contributed by atoms with Crippen molar-refractivity contribution in [3.8, 4) is 5.75 Å². The normalized spacial score (nSPS) is 11.3. The van der Waals surface area contributed by atoms with Crippen LogP contribution in [0.5, 0.6) is 5.75 Å². The van der Waals surface area contributed by atoms with Crippen LogP contribution in [0.15, 0.2) is 47.4 Å². The highest BCUT2D eigenvalue weighted by Gasteiger charge is 2.27. The first-order valence-electron chi connectivity index (χ1n) is 10.3. The lowest BCUT2D eigenvalue weighted by Crippen LogP contribution is -2.31. The Morgan fingerprint density at radius 1 is 1.16 bits per heavy atom. The van der Waals surface area contributed by atoms with Gasteiger partial charge in [-0.1, -0.05) is 37.3 Å². The molecule has 2 aromatic carbocycles. The zero-order chi connectivity index (χ0) is 23.6. The number of methoxy groups -OCH3 is 1. The average Bonchev–Trinajstić information content (AvgIpc) is 2.78. The minimum Gasteiger partial charge on any atom is -0.485 e. The molecule has 0 amide bonds. The zero-order valence-corrected chi connectivity index (χ0v) is 19.1. The number of ether oxygens (including phenoxy) is 2. The van der Waals surface area contributed by atoms with E-state index in [1.165, 1.54) is 13.2 Å². The van der Waals surface area contributed by atoms with Crippen molar-refractivity contribution in [2.45, 2.75) is 24.8 Å². The molecule has 0 saturated heterocycles. The summed E-state index contributed by atoms with van der Waals surface area (Å²) in [5, 5.41) is 18.9. The third kappa shape index (κ3) is 6.92. The fraction of sp³-hybridized carbons (Fsp3) is 0.409. The molecule has 0 bridgehead atoms. The molecule has 0 atom stereocenters. The molecule has 0 aliphatic rings. The van der Waals surface area contributed by atoms with Crippen LogP contribution in [-0.4, -0.2) is 64.6 Å². The summed E-state index contributed by atoms with van der Waals surface area (Å²) < 4.78 is 39.5. The second-order valence-corrected chi connectivity index (χ2v) is 8.70. The molecule has 176 valence electrons. The van der Waals surface area contributed by atoms with Crippen LogP contribution in [0.2, 0.25) is 0 Å². The molecule has 0 radical (unpaired) electrons. The standard InChI is InChI=1S/C22H30N2O7S/c1-3-23-32(28,29)20-15-18(22(26)27)14-19(24(10-7-12-25)11-13-30-2)21(20)31-16-17-8-5-4-6-9-17/h4-6,8-9,14-15,23,25H,3,7,10-13,16H2,1-2H3,(H,26,27). The maximum Gasteiger partial charge on any atom is 0.335 e. The van der Waals surface area contributed by atoms with Gasteiger partial charge in [0.15, 0.2) is 5.75 Å². The molecule has 2 rings (SSSR count). The fourth-order valence-electron chi connectivity index (χ4n) is 3.10. The van der Waals surface area contributed by atoms with E-state index in [2.05, 4.69) is 4.72 Å². The lowest BCUT2D eigenvalue weighted by atomic mass is 10.1. The highest BCUT2D eigenvalue weighted by Crippen LogP contribution is 2.37. The van der Waals surface area contributed by atoms with E-state index in [1.807, 2.05) is 30.3 Å². The molecule has 0 spiro atoms. The van der Waals surface area contributed by atoms with E-state index in [0.29, 0.717) is 31.8 Å². The van der Waals surface area contributed by atoms with Crippen LogP contribution in [0.1, 0.15) is 29.3 Å². The molecule has 0 fully saturated rings. The van der Waals surface area contributed by atoms with Gasteiger partial charge < -0.3 is 24.6 Å². The molecule has 0 aromatic heterocycles. The number of sulfonamides is 1. The van der Waals surface area contributed by atoms with E-state index in [9.17, 15) is 23.4 Å². The van der Waals surface area contributed by atoms with Crippen molar-refractivity contribution in [1.82, 2.24) is 4.72 Å². The van der Waals surface area contributed by atoms with Crippen LogP contribution in [0, 0.1) is 0 Å². The first-order chi connectivity index (χ1) is 15.3. The Balaban J connectivity index is 2.67. The molecule has 10 heteroatoms. The number of anilines is 1. The van der Waals surface area contributed by atoms with Crippen LogP contribution >= 0.6 is 0 Å². The molecule has 32 heavy (non-hydrogen) atoms. The predicted molar refractivity (Wildman–Crippen MR) is 121 cm³/mol. The van der Waals surface area contributed by atoms with Crippen molar-refractivity contribution in [3.05, 3.63) is 53.6 Å². The number of rotatable bonds is 14. The number of hydrogen-bond acceptors (Lipinski definition) is 7. The number of hydrogen-bond donors (Lipinski definition) is 3. The van der Waals surface area contributed by atoms with Gasteiger partial charge in [-0.3, -0.25) is 0 Å². The smallest absolute Gasteiger partial charge is 0.335 e. The van der Waals surface area contributed by atoms with E-state index >= 15 is 0 Å². The second-order valence-electron chi connectivity index (χ2n) is 6.96. The van der Waals surface area contributed by atoms with Crippen LogP contribution < -0.4 is 14.4 Å². The van der Waals surface area contributed by atoms with Gasteiger partial charge in [-0.25, -0.2) is 17.9 Å². The number of carbonyl (C=O) groups is 1. The summed E-state index contributed by atoms with van der Waals surface area (Å²) >= 11 is 0. The SMILES string of the molecule is CCNS(=O)(=O)c1cc(C(=O)O)cc(N(CCCO)CCOC)c1OCc1ccccc1. The van der Waals surface area contributed by atoms with Gasteiger partial charge in [-0.2, -0.15) is 0 Å². The van der Waals surface area contributed by atoms with E-state index < -0.39 is 16.0 Å². The molecule has 0 heterocycles. The Morgan fingerprint density at radius 3 is 2.47 bits per heavy atom. The topological polar surface area (TPSA) is 125 Å². The number of carboxylic acids is 1. The fourth-order valence-corrected chi connectivity index (χ4v) is 4.33.